The Bertz CT molecular complexity index is 474. The van der Waals surface area contributed by atoms with Gasteiger partial charge >= 0.3 is 6.03 Å². The third kappa shape index (κ3) is 4.23. The highest BCUT2D eigenvalue weighted by atomic mass is 16.5. The van der Waals surface area contributed by atoms with Crippen LogP contribution in [0.3, 0.4) is 0 Å². The van der Waals surface area contributed by atoms with E-state index in [4.69, 9.17) is 4.74 Å². The van der Waals surface area contributed by atoms with Crippen molar-refractivity contribution in [3.8, 4) is 0 Å². The number of hydrogen-bond acceptors (Lipinski definition) is 2. The average molecular weight is 304 g/mol. The van der Waals surface area contributed by atoms with Gasteiger partial charge in [0, 0.05) is 24.9 Å². The Hall–Kier alpha value is -1.55. The first-order valence-electron chi connectivity index (χ1n) is 8.41. The quantitative estimate of drug-likeness (QED) is 0.870. The van der Waals surface area contributed by atoms with Crippen LogP contribution in [0.15, 0.2) is 18.2 Å². The van der Waals surface area contributed by atoms with Crippen molar-refractivity contribution in [2.24, 2.45) is 5.92 Å². The van der Waals surface area contributed by atoms with Crippen molar-refractivity contribution in [3.63, 3.8) is 0 Å². The van der Waals surface area contributed by atoms with E-state index in [1.807, 2.05) is 0 Å². The van der Waals surface area contributed by atoms with Crippen LogP contribution >= 0.6 is 0 Å². The monoisotopic (exact) mass is 304 g/mol. The molecule has 0 unspecified atom stereocenters. The fourth-order valence-corrected chi connectivity index (χ4v) is 3.09. The molecule has 1 aromatic rings. The van der Waals surface area contributed by atoms with E-state index in [1.54, 1.807) is 0 Å². The molecule has 0 spiro atoms. The molecule has 2 amide bonds. The van der Waals surface area contributed by atoms with Crippen LogP contribution in [0.25, 0.3) is 0 Å². The number of carbonyl (C=O) groups excluding carboxylic acids is 1. The second-order valence-corrected chi connectivity index (χ2v) is 6.00. The number of ether oxygens (including phenoxy) is 1. The lowest BCUT2D eigenvalue weighted by atomic mass is 9.93. The molecule has 4 nitrogen and oxygen atoms in total. The maximum atomic E-state index is 12.3. The number of hydrogen-bond donors (Lipinski definition) is 2. The van der Waals surface area contributed by atoms with Gasteiger partial charge in [-0.2, -0.15) is 0 Å². The zero-order valence-electron chi connectivity index (χ0n) is 13.9. The number of para-hydroxylation sites is 1. The van der Waals surface area contributed by atoms with Crippen molar-refractivity contribution in [2.75, 3.05) is 18.5 Å². The third-order valence-corrected chi connectivity index (χ3v) is 4.57. The van der Waals surface area contributed by atoms with Crippen molar-refractivity contribution < 1.29 is 9.53 Å². The van der Waals surface area contributed by atoms with E-state index in [-0.39, 0.29) is 12.1 Å². The van der Waals surface area contributed by atoms with Crippen molar-refractivity contribution in [2.45, 2.75) is 52.5 Å². The Labute approximate surface area is 133 Å². The van der Waals surface area contributed by atoms with Crippen LogP contribution in [0.5, 0.6) is 0 Å². The second-order valence-electron chi connectivity index (χ2n) is 6.00. The maximum Gasteiger partial charge on any atom is 0.319 e. The minimum Gasteiger partial charge on any atom is -0.381 e. The van der Waals surface area contributed by atoms with Gasteiger partial charge in [-0.1, -0.05) is 32.0 Å². The Morgan fingerprint density at radius 2 is 1.82 bits per heavy atom. The summed E-state index contributed by atoms with van der Waals surface area (Å²) >= 11 is 0. The van der Waals surface area contributed by atoms with Gasteiger partial charge in [0.1, 0.15) is 0 Å². The van der Waals surface area contributed by atoms with Crippen LogP contribution in [-0.4, -0.2) is 25.3 Å². The van der Waals surface area contributed by atoms with E-state index in [0.29, 0.717) is 5.92 Å². The van der Waals surface area contributed by atoms with Gasteiger partial charge in [-0.05, 0) is 49.7 Å². The lowest BCUT2D eigenvalue weighted by Crippen LogP contribution is -2.42. The lowest BCUT2D eigenvalue weighted by Gasteiger charge is -2.28. The topological polar surface area (TPSA) is 50.4 Å². The Morgan fingerprint density at radius 1 is 1.23 bits per heavy atom. The SMILES string of the molecule is CCc1cccc(CC)c1NC(=O)N[C@H](C)C1CCOCC1. The first-order valence-corrected chi connectivity index (χ1v) is 8.41. The van der Waals surface area contributed by atoms with E-state index in [2.05, 4.69) is 49.6 Å². The number of amides is 2. The van der Waals surface area contributed by atoms with Gasteiger partial charge in [0.15, 0.2) is 0 Å². The molecule has 0 bridgehead atoms. The number of nitrogens with one attached hydrogen (secondary N) is 2. The van der Waals surface area contributed by atoms with Gasteiger partial charge in [0.25, 0.3) is 0 Å². The zero-order valence-corrected chi connectivity index (χ0v) is 13.9. The first-order chi connectivity index (χ1) is 10.7. The Kier molecular flexibility index (Phi) is 6.25. The molecule has 0 aromatic heterocycles. The summed E-state index contributed by atoms with van der Waals surface area (Å²) < 4.78 is 5.38. The van der Waals surface area contributed by atoms with E-state index < -0.39 is 0 Å². The molecule has 1 fully saturated rings. The fourth-order valence-electron chi connectivity index (χ4n) is 3.09. The molecule has 0 saturated carbocycles. The van der Waals surface area contributed by atoms with Gasteiger partial charge in [0.2, 0.25) is 0 Å². The van der Waals surface area contributed by atoms with Crippen molar-refractivity contribution >= 4 is 11.7 Å². The highest BCUT2D eigenvalue weighted by Gasteiger charge is 2.22. The van der Waals surface area contributed by atoms with E-state index in [1.165, 1.54) is 11.1 Å². The summed E-state index contributed by atoms with van der Waals surface area (Å²) in [7, 11) is 0. The van der Waals surface area contributed by atoms with E-state index >= 15 is 0 Å². The number of anilines is 1. The summed E-state index contributed by atoms with van der Waals surface area (Å²) in [6, 6.07) is 6.29. The van der Waals surface area contributed by atoms with Crippen LogP contribution in [0.1, 0.15) is 44.7 Å². The molecule has 1 aromatic carbocycles. The molecule has 1 atom stereocenters. The highest BCUT2D eigenvalue weighted by Crippen LogP contribution is 2.23. The van der Waals surface area contributed by atoms with Gasteiger partial charge in [-0.25, -0.2) is 4.79 Å². The van der Waals surface area contributed by atoms with Crippen LogP contribution in [-0.2, 0) is 17.6 Å². The molecule has 2 rings (SSSR count). The fraction of sp³-hybridized carbons (Fsp3) is 0.611. The molecular weight excluding hydrogens is 276 g/mol. The number of urea groups is 1. The van der Waals surface area contributed by atoms with Crippen LogP contribution in [0.2, 0.25) is 0 Å². The van der Waals surface area contributed by atoms with Gasteiger partial charge in [0.05, 0.1) is 0 Å². The largest absolute Gasteiger partial charge is 0.381 e. The van der Waals surface area contributed by atoms with Gasteiger partial charge in [-0.15, -0.1) is 0 Å². The van der Waals surface area contributed by atoms with E-state index in [0.717, 1.165) is 44.6 Å². The first kappa shape index (κ1) is 16.8. The minimum absolute atomic E-state index is 0.102. The highest BCUT2D eigenvalue weighted by molar-refractivity contribution is 5.91. The predicted molar refractivity (Wildman–Crippen MR) is 90.4 cm³/mol. The molecule has 1 aliphatic rings. The molecule has 4 heteroatoms. The summed E-state index contributed by atoms with van der Waals surface area (Å²) in [4.78, 5) is 12.3. The summed E-state index contributed by atoms with van der Waals surface area (Å²) in [6.07, 6.45) is 3.87. The molecular formula is C18H28N2O2. The number of rotatable bonds is 5. The normalized spacial score (nSPS) is 17.0. The molecule has 122 valence electrons. The molecule has 0 aliphatic carbocycles. The van der Waals surface area contributed by atoms with Crippen LogP contribution in [0.4, 0.5) is 10.5 Å². The Balaban J connectivity index is 1.99. The van der Waals surface area contributed by atoms with Crippen molar-refractivity contribution in [1.29, 1.82) is 0 Å². The van der Waals surface area contributed by atoms with Crippen molar-refractivity contribution in [3.05, 3.63) is 29.3 Å². The minimum atomic E-state index is -0.102. The number of carbonyl (C=O) groups is 1. The predicted octanol–water partition coefficient (Wildman–Crippen LogP) is 3.75. The molecule has 1 saturated heterocycles. The summed E-state index contributed by atoms with van der Waals surface area (Å²) in [5.41, 5.74) is 3.35. The van der Waals surface area contributed by atoms with Gasteiger partial charge in [-0.3, -0.25) is 0 Å². The van der Waals surface area contributed by atoms with Crippen molar-refractivity contribution in [1.82, 2.24) is 5.32 Å². The molecule has 1 aliphatic heterocycles. The second kappa shape index (κ2) is 8.18. The lowest BCUT2D eigenvalue weighted by molar-refractivity contribution is 0.0573. The van der Waals surface area contributed by atoms with Crippen LogP contribution in [0, 0.1) is 5.92 Å². The molecule has 2 N–H and O–H groups in total. The Morgan fingerprint density at radius 3 is 2.36 bits per heavy atom. The summed E-state index contributed by atoms with van der Waals surface area (Å²) in [5, 5.41) is 6.16. The number of aryl methyl sites for hydroxylation is 2. The van der Waals surface area contributed by atoms with Crippen LogP contribution < -0.4 is 10.6 Å². The third-order valence-electron chi connectivity index (χ3n) is 4.57. The van der Waals surface area contributed by atoms with E-state index in [9.17, 15) is 4.79 Å². The standard InChI is InChI=1S/C18H28N2O2/c1-4-14-7-6-8-15(5-2)17(14)20-18(21)19-13(3)16-9-11-22-12-10-16/h6-8,13,16H,4-5,9-12H2,1-3H3,(H2,19,20,21)/t13-/m1/s1. The molecule has 22 heavy (non-hydrogen) atoms. The van der Waals surface area contributed by atoms with Gasteiger partial charge < -0.3 is 15.4 Å². The zero-order chi connectivity index (χ0) is 15.9. The summed E-state index contributed by atoms with van der Waals surface area (Å²) in [6.45, 7) is 7.92. The molecule has 1 heterocycles. The maximum absolute atomic E-state index is 12.3. The number of benzene rings is 1. The molecule has 0 radical (unpaired) electrons. The smallest absolute Gasteiger partial charge is 0.319 e. The average Bonchev–Trinajstić information content (AvgIpc) is 2.55. The summed E-state index contributed by atoms with van der Waals surface area (Å²) in [5.74, 6) is 0.506.